The van der Waals surface area contributed by atoms with Crippen molar-refractivity contribution in [2.75, 3.05) is 0 Å². The first-order chi connectivity index (χ1) is 8.93. The van der Waals surface area contributed by atoms with Gasteiger partial charge in [-0.3, -0.25) is 40.2 Å². The first-order valence-corrected chi connectivity index (χ1v) is 4.11. The molecule has 0 amide bonds. The van der Waals surface area contributed by atoms with Crippen molar-refractivity contribution in [2.24, 2.45) is 0 Å². The molecule has 136 valence electrons. The molecule has 22 heavy (non-hydrogen) atoms. The molecule has 0 bridgehead atoms. The van der Waals surface area contributed by atoms with Crippen LogP contribution in [0.2, 0.25) is 0 Å². The molecule has 14 heteroatoms. The summed E-state index contributed by atoms with van der Waals surface area (Å²) in [6.07, 6.45) is 0. The summed E-state index contributed by atoms with van der Waals surface area (Å²) in [7, 11) is 0. The molecule has 0 spiro atoms. The molecule has 12 nitrogen and oxygen atoms in total. The summed E-state index contributed by atoms with van der Waals surface area (Å²) in [5, 5.41) is 53.7. The van der Waals surface area contributed by atoms with Gasteiger partial charge >= 0.3 is 0 Å². The third kappa shape index (κ3) is 4020. The minimum absolute atomic E-state index is 0. The van der Waals surface area contributed by atoms with Crippen LogP contribution in [0.25, 0.3) is 0 Å². The maximum atomic E-state index is 9.00. The van der Waals surface area contributed by atoms with Gasteiger partial charge < -0.3 is 20.4 Å². The molecular weight excluding hydrogens is 392 g/mol. The van der Waals surface area contributed by atoms with Crippen molar-refractivity contribution < 1.29 is 95.4 Å². The van der Waals surface area contributed by atoms with E-state index in [1.807, 2.05) is 0 Å². The molecule has 0 aromatic carbocycles. The van der Waals surface area contributed by atoms with E-state index in [1.165, 1.54) is 0 Å². The van der Waals surface area contributed by atoms with Gasteiger partial charge in [0, 0.05) is 62.4 Å². The first-order valence-electron chi connectivity index (χ1n) is 4.11. The van der Waals surface area contributed by atoms with E-state index in [-0.39, 0.29) is 34.7 Å². The van der Waals surface area contributed by atoms with Crippen LogP contribution in [-0.2, 0) is 53.9 Å². The van der Waals surface area contributed by atoms with Gasteiger partial charge in [-0.05, 0) is 0 Å². The fourth-order valence-corrected chi connectivity index (χ4v) is 0. The predicted molar refractivity (Wildman–Crippen MR) is 63.8 cm³/mol. The van der Waals surface area contributed by atoms with E-state index in [1.54, 1.807) is 0 Å². The zero-order chi connectivity index (χ0) is 18.3. The van der Waals surface area contributed by atoms with Crippen LogP contribution in [0.4, 0.5) is 0 Å². The zero-order valence-corrected chi connectivity index (χ0v) is 14.6. The van der Waals surface area contributed by atoms with E-state index in [4.69, 9.17) is 60.6 Å². The van der Waals surface area contributed by atoms with Crippen LogP contribution >= 0.6 is 0 Å². The SMILES string of the molecule is CC(=O)O.CC(=O)O.CC(=O)O.CC(=O)O.OO.OO.[Cr].[Cr]. The van der Waals surface area contributed by atoms with Gasteiger partial charge in [0.2, 0.25) is 0 Å². The van der Waals surface area contributed by atoms with Gasteiger partial charge in [0.25, 0.3) is 23.9 Å². The Morgan fingerprint density at radius 3 is 0.455 bits per heavy atom. The molecule has 0 aliphatic heterocycles. The van der Waals surface area contributed by atoms with Crippen LogP contribution in [-0.4, -0.2) is 65.3 Å². The van der Waals surface area contributed by atoms with E-state index in [9.17, 15) is 0 Å². The van der Waals surface area contributed by atoms with Gasteiger partial charge in [0.05, 0.1) is 0 Å². The third-order valence-corrected chi connectivity index (χ3v) is 0. The second-order valence-electron chi connectivity index (χ2n) is 2.08. The van der Waals surface area contributed by atoms with Crippen LogP contribution < -0.4 is 0 Å². The van der Waals surface area contributed by atoms with Crippen LogP contribution in [0, 0.1) is 0 Å². The van der Waals surface area contributed by atoms with Gasteiger partial charge in [-0.25, -0.2) is 0 Å². The topological polar surface area (TPSA) is 230 Å². The predicted octanol–water partition coefficient (Wildman–Crippen LogP) is 0.393. The van der Waals surface area contributed by atoms with Crippen LogP contribution in [0.5, 0.6) is 0 Å². The van der Waals surface area contributed by atoms with Crippen molar-refractivity contribution in [1.82, 2.24) is 0 Å². The maximum absolute atomic E-state index is 9.00. The fourth-order valence-electron chi connectivity index (χ4n) is 0. The molecule has 0 saturated heterocycles. The molecule has 0 radical (unpaired) electrons. The Kier molecular flexibility index (Phi) is 136. The Morgan fingerprint density at radius 2 is 0.455 bits per heavy atom. The molecule has 0 atom stereocenters. The summed E-state index contributed by atoms with van der Waals surface area (Å²) in [6, 6.07) is 0. The van der Waals surface area contributed by atoms with E-state index < -0.39 is 23.9 Å². The fraction of sp³-hybridized carbons (Fsp3) is 0.500. The average Bonchev–Trinajstić information content (AvgIpc) is 2.19. The minimum atomic E-state index is -0.833. The number of hydrogen-bond donors (Lipinski definition) is 8. The Balaban J connectivity index is -0.0000000179. The molecule has 0 rings (SSSR count). The van der Waals surface area contributed by atoms with Crippen molar-refractivity contribution >= 4 is 23.9 Å². The number of rotatable bonds is 0. The number of carbonyl (C=O) groups is 4. The second-order valence-corrected chi connectivity index (χ2v) is 2.08. The molecule has 0 aromatic heterocycles. The van der Waals surface area contributed by atoms with E-state index >= 15 is 0 Å². The average molecular weight is 412 g/mol. The van der Waals surface area contributed by atoms with Gasteiger partial charge in [-0.15, -0.1) is 0 Å². The Labute approximate surface area is 147 Å². The minimum Gasteiger partial charge on any atom is -0.481 e. The summed E-state index contributed by atoms with van der Waals surface area (Å²) < 4.78 is 0. The van der Waals surface area contributed by atoms with Gasteiger partial charge in [0.15, 0.2) is 0 Å². The van der Waals surface area contributed by atoms with Crippen molar-refractivity contribution in [1.29, 1.82) is 0 Å². The van der Waals surface area contributed by atoms with E-state index in [0.29, 0.717) is 0 Å². The summed E-state index contributed by atoms with van der Waals surface area (Å²) in [6.45, 7) is 4.33. The number of carboxylic acids is 4. The summed E-state index contributed by atoms with van der Waals surface area (Å²) in [5.74, 6) is -3.33. The van der Waals surface area contributed by atoms with Crippen molar-refractivity contribution in [3.05, 3.63) is 0 Å². The molecule has 0 heterocycles. The zero-order valence-electron chi connectivity index (χ0n) is 12.0. The summed E-state index contributed by atoms with van der Waals surface area (Å²) in [4.78, 5) is 36.0. The molecule has 0 aliphatic rings. The summed E-state index contributed by atoms with van der Waals surface area (Å²) in [5.41, 5.74) is 0. The largest absolute Gasteiger partial charge is 0.481 e. The molecule has 0 fully saturated rings. The normalized spacial score (nSPS) is 5.09. The van der Waals surface area contributed by atoms with Crippen molar-refractivity contribution in [2.45, 2.75) is 27.7 Å². The molecule has 0 aromatic rings. The van der Waals surface area contributed by atoms with Gasteiger partial charge in [-0.2, -0.15) is 0 Å². The quantitative estimate of drug-likeness (QED) is 0.199. The van der Waals surface area contributed by atoms with Crippen LogP contribution in [0.15, 0.2) is 0 Å². The van der Waals surface area contributed by atoms with Gasteiger partial charge in [0.1, 0.15) is 0 Å². The maximum Gasteiger partial charge on any atom is 0.300 e. The van der Waals surface area contributed by atoms with Crippen molar-refractivity contribution in [3.8, 4) is 0 Å². The molecule has 0 unspecified atom stereocenters. The monoisotopic (exact) mass is 412 g/mol. The van der Waals surface area contributed by atoms with Crippen LogP contribution in [0.1, 0.15) is 27.7 Å². The summed E-state index contributed by atoms with van der Waals surface area (Å²) >= 11 is 0. The Morgan fingerprint density at radius 1 is 0.455 bits per heavy atom. The van der Waals surface area contributed by atoms with Crippen LogP contribution in [0.3, 0.4) is 0 Å². The molecule has 8 N–H and O–H groups in total. The molecule has 0 saturated carbocycles. The Bertz CT molecular complexity index is 169. The van der Waals surface area contributed by atoms with Gasteiger partial charge in [-0.1, -0.05) is 0 Å². The molecule has 0 aliphatic carbocycles. The molecular formula is C8H20Cr2O12. The number of carboxylic acid groups (broad SMARTS) is 4. The van der Waals surface area contributed by atoms with E-state index in [0.717, 1.165) is 27.7 Å². The standard InChI is InChI=1S/4C2H4O2.2Cr.2H2O2/c4*1-2(3)4;;;2*1-2/h4*1H3,(H,3,4);;;2*1-2H. The third-order valence-electron chi connectivity index (χ3n) is 0. The Hall–Kier alpha value is -1.22. The second kappa shape index (κ2) is 60.0. The first kappa shape index (κ1) is 49.8. The number of hydrogen-bond acceptors (Lipinski definition) is 8. The number of aliphatic carboxylic acids is 4. The van der Waals surface area contributed by atoms with E-state index in [2.05, 4.69) is 0 Å². The van der Waals surface area contributed by atoms with Crippen molar-refractivity contribution in [3.63, 3.8) is 0 Å². The smallest absolute Gasteiger partial charge is 0.300 e.